The Bertz CT molecular complexity index is 460. The SMILES string of the molecule is CNc1cccc(C(=O)N(CCOC)C(C)C2CC2)n1. The summed E-state index contributed by atoms with van der Waals surface area (Å²) in [6.07, 6.45) is 2.42. The Labute approximate surface area is 120 Å². The zero-order valence-corrected chi connectivity index (χ0v) is 12.4. The van der Waals surface area contributed by atoms with Crippen molar-refractivity contribution in [2.45, 2.75) is 25.8 Å². The number of rotatable bonds is 7. The molecule has 1 heterocycles. The van der Waals surface area contributed by atoms with E-state index in [2.05, 4.69) is 17.2 Å². The predicted molar refractivity (Wildman–Crippen MR) is 78.9 cm³/mol. The molecule has 0 spiro atoms. The van der Waals surface area contributed by atoms with E-state index in [1.807, 2.05) is 17.0 Å². The third kappa shape index (κ3) is 3.48. The maximum Gasteiger partial charge on any atom is 0.272 e. The van der Waals surface area contributed by atoms with Crippen LogP contribution in [-0.4, -0.2) is 49.1 Å². The van der Waals surface area contributed by atoms with Crippen molar-refractivity contribution in [2.75, 3.05) is 32.6 Å². The molecule has 1 aliphatic carbocycles. The summed E-state index contributed by atoms with van der Waals surface area (Å²) in [5, 5.41) is 2.96. The molecule has 1 unspecified atom stereocenters. The minimum Gasteiger partial charge on any atom is -0.383 e. The number of carbonyl (C=O) groups excluding carboxylic acids is 1. The smallest absolute Gasteiger partial charge is 0.272 e. The lowest BCUT2D eigenvalue weighted by atomic mass is 10.1. The summed E-state index contributed by atoms with van der Waals surface area (Å²) >= 11 is 0. The Balaban J connectivity index is 2.15. The van der Waals surface area contributed by atoms with Crippen LogP contribution in [0, 0.1) is 5.92 Å². The van der Waals surface area contributed by atoms with E-state index in [1.54, 1.807) is 20.2 Å². The van der Waals surface area contributed by atoms with Gasteiger partial charge in [-0.3, -0.25) is 4.79 Å². The van der Waals surface area contributed by atoms with Crippen molar-refractivity contribution in [1.29, 1.82) is 0 Å². The van der Waals surface area contributed by atoms with Gasteiger partial charge in [0, 0.05) is 26.7 Å². The van der Waals surface area contributed by atoms with Crippen molar-refractivity contribution in [2.24, 2.45) is 5.92 Å². The van der Waals surface area contributed by atoms with Crippen LogP contribution in [0.3, 0.4) is 0 Å². The van der Waals surface area contributed by atoms with Gasteiger partial charge in [0.25, 0.3) is 5.91 Å². The van der Waals surface area contributed by atoms with Gasteiger partial charge in [-0.2, -0.15) is 0 Å². The van der Waals surface area contributed by atoms with Gasteiger partial charge >= 0.3 is 0 Å². The first-order valence-electron chi connectivity index (χ1n) is 7.12. The topological polar surface area (TPSA) is 54.5 Å². The number of amides is 1. The Hall–Kier alpha value is -1.62. The molecule has 1 aromatic rings. The van der Waals surface area contributed by atoms with Crippen molar-refractivity contribution in [3.63, 3.8) is 0 Å². The number of nitrogens with zero attached hydrogens (tertiary/aromatic N) is 2. The maximum absolute atomic E-state index is 12.7. The van der Waals surface area contributed by atoms with Crippen molar-refractivity contribution < 1.29 is 9.53 Å². The molecule has 1 aromatic heterocycles. The van der Waals surface area contributed by atoms with Gasteiger partial charge in [0.2, 0.25) is 0 Å². The second kappa shape index (κ2) is 6.70. The van der Waals surface area contributed by atoms with E-state index in [0.29, 0.717) is 30.6 Å². The number of aromatic nitrogens is 1. The Morgan fingerprint density at radius 3 is 2.90 bits per heavy atom. The first-order chi connectivity index (χ1) is 9.67. The molecule has 5 nitrogen and oxygen atoms in total. The third-order valence-electron chi connectivity index (χ3n) is 3.82. The molecule has 0 aliphatic heterocycles. The minimum absolute atomic E-state index is 0.0152. The number of pyridine rings is 1. The fraction of sp³-hybridized carbons (Fsp3) is 0.600. The number of hydrogen-bond donors (Lipinski definition) is 1. The van der Waals surface area contributed by atoms with E-state index in [9.17, 15) is 4.79 Å². The summed E-state index contributed by atoms with van der Waals surface area (Å²) in [6, 6.07) is 5.71. The second-order valence-corrected chi connectivity index (χ2v) is 5.23. The summed E-state index contributed by atoms with van der Waals surface area (Å²) in [6.45, 7) is 3.28. The molecule has 0 saturated heterocycles. The molecule has 0 radical (unpaired) electrons. The molecule has 1 amide bonds. The normalized spacial score (nSPS) is 15.8. The molecule has 1 saturated carbocycles. The highest BCUT2D eigenvalue weighted by molar-refractivity contribution is 5.93. The summed E-state index contributed by atoms with van der Waals surface area (Å²) in [7, 11) is 3.45. The molecule has 110 valence electrons. The number of carbonyl (C=O) groups is 1. The molecule has 20 heavy (non-hydrogen) atoms. The average molecular weight is 277 g/mol. The Morgan fingerprint density at radius 2 is 2.30 bits per heavy atom. The minimum atomic E-state index is -0.0152. The van der Waals surface area contributed by atoms with Crippen molar-refractivity contribution >= 4 is 11.7 Å². The highest BCUT2D eigenvalue weighted by Crippen LogP contribution is 2.35. The molecule has 1 atom stereocenters. The first kappa shape index (κ1) is 14.8. The lowest BCUT2D eigenvalue weighted by molar-refractivity contribution is 0.0589. The molecule has 1 aliphatic rings. The zero-order chi connectivity index (χ0) is 14.5. The van der Waals surface area contributed by atoms with Gasteiger partial charge in [-0.15, -0.1) is 0 Å². The molecule has 0 bridgehead atoms. The van der Waals surface area contributed by atoms with Crippen LogP contribution in [0.5, 0.6) is 0 Å². The van der Waals surface area contributed by atoms with Crippen LogP contribution >= 0.6 is 0 Å². The number of hydrogen-bond acceptors (Lipinski definition) is 4. The monoisotopic (exact) mass is 277 g/mol. The van der Waals surface area contributed by atoms with E-state index < -0.39 is 0 Å². The molecule has 1 N–H and O–H groups in total. The summed E-state index contributed by atoms with van der Waals surface area (Å²) in [5.41, 5.74) is 0.487. The molecule has 1 fully saturated rings. The second-order valence-electron chi connectivity index (χ2n) is 5.23. The summed E-state index contributed by atoms with van der Waals surface area (Å²) in [5.74, 6) is 1.32. The average Bonchev–Trinajstić information content (AvgIpc) is 3.32. The molecule has 0 aromatic carbocycles. The largest absolute Gasteiger partial charge is 0.383 e. The molecule has 5 heteroatoms. The number of anilines is 1. The van der Waals surface area contributed by atoms with Crippen LogP contribution in [0.1, 0.15) is 30.3 Å². The van der Waals surface area contributed by atoms with Gasteiger partial charge in [0.05, 0.1) is 6.61 Å². The highest BCUT2D eigenvalue weighted by Gasteiger charge is 2.34. The quantitative estimate of drug-likeness (QED) is 0.828. The Morgan fingerprint density at radius 1 is 1.55 bits per heavy atom. The maximum atomic E-state index is 12.7. The number of nitrogens with one attached hydrogen (secondary N) is 1. The third-order valence-corrected chi connectivity index (χ3v) is 3.82. The summed E-state index contributed by atoms with van der Waals surface area (Å²) < 4.78 is 5.13. The number of ether oxygens (including phenoxy) is 1. The van der Waals surface area contributed by atoms with Crippen LogP contribution in [0.25, 0.3) is 0 Å². The van der Waals surface area contributed by atoms with Crippen LogP contribution < -0.4 is 5.32 Å². The van der Waals surface area contributed by atoms with Gasteiger partial charge in [-0.1, -0.05) is 6.07 Å². The number of methoxy groups -OCH3 is 1. The van der Waals surface area contributed by atoms with Crippen LogP contribution in [-0.2, 0) is 4.74 Å². The van der Waals surface area contributed by atoms with Gasteiger partial charge in [-0.05, 0) is 37.8 Å². The van der Waals surface area contributed by atoms with Gasteiger partial charge < -0.3 is 15.0 Å². The van der Waals surface area contributed by atoms with E-state index in [4.69, 9.17) is 4.74 Å². The zero-order valence-electron chi connectivity index (χ0n) is 12.4. The van der Waals surface area contributed by atoms with Crippen molar-refractivity contribution in [3.8, 4) is 0 Å². The summed E-state index contributed by atoms with van der Waals surface area (Å²) in [4.78, 5) is 18.9. The van der Waals surface area contributed by atoms with Gasteiger partial charge in [-0.25, -0.2) is 4.98 Å². The van der Waals surface area contributed by atoms with Crippen molar-refractivity contribution in [3.05, 3.63) is 23.9 Å². The fourth-order valence-electron chi connectivity index (χ4n) is 2.35. The van der Waals surface area contributed by atoms with Crippen molar-refractivity contribution in [1.82, 2.24) is 9.88 Å². The van der Waals surface area contributed by atoms with Crippen LogP contribution in [0.4, 0.5) is 5.82 Å². The standard InChI is InChI=1S/C15H23N3O2/c1-11(12-7-8-12)18(9-10-20-3)15(19)13-5-4-6-14(16-2)17-13/h4-6,11-12H,7-10H2,1-3H3,(H,16,17). The van der Waals surface area contributed by atoms with E-state index in [1.165, 1.54) is 12.8 Å². The highest BCUT2D eigenvalue weighted by atomic mass is 16.5. The lowest BCUT2D eigenvalue weighted by Crippen LogP contribution is -2.42. The fourth-order valence-corrected chi connectivity index (χ4v) is 2.35. The van der Waals surface area contributed by atoms with Crippen LogP contribution in [0.15, 0.2) is 18.2 Å². The molecular formula is C15H23N3O2. The first-order valence-corrected chi connectivity index (χ1v) is 7.12. The molecule has 2 rings (SSSR count). The van der Waals surface area contributed by atoms with Gasteiger partial charge in [0.1, 0.15) is 11.5 Å². The lowest BCUT2D eigenvalue weighted by Gasteiger charge is -2.29. The Kier molecular flexibility index (Phi) is 4.95. The van der Waals surface area contributed by atoms with E-state index in [0.717, 1.165) is 0 Å². The van der Waals surface area contributed by atoms with E-state index >= 15 is 0 Å². The van der Waals surface area contributed by atoms with Crippen LogP contribution in [0.2, 0.25) is 0 Å². The predicted octanol–water partition coefficient (Wildman–Crippen LogP) is 2.01. The van der Waals surface area contributed by atoms with E-state index in [-0.39, 0.29) is 11.9 Å². The molecular weight excluding hydrogens is 254 g/mol. The van der Waals surface area contributed by atoms with Gasteiger partial charge in [0.15, 0.2) is 0 Å².